The summed E-state index contributed by atoms with van der Waals surface area (Å²) in [5, 5.41) is 4.86. The first-order valence-corrected chi connectivity index (χ1v) is 9.43. The molecule has 0 atom stereocenters. The van der Waals surface area contributed by atoms with Gasteiger partial charge in [-0.25, -0.2) is 4.39 Å². The van der Waals surface area contributed by atoms with E-state index in [9.17, 15) is 14.0 Å². The molecule has 6 nitrogen and oxygen atoms in total. The summed E-state index contributed by atoms with van der Waals surface area (Å²) in [5.74, 6) is -1.67. The maximum absolute atomic E-state index is 13.7. The fraction of sp³-hybridized carbons (Fsp3) is 0.364. The van der Waals surface area contributed by atoms with Crippen molar-refractivity contribution >= 4 is 29.2 Å². The molecule has 1 aromatic heterocycles. The summed E-state index contributed by atoms with van der Waals surface area (Å²) in [4.78, 5) is 29.7. The number of fused-ring (bicyclic) bond motifs is 1. The zero-order valence-corrected chi connectivity index (χ0v) is 16.9. The van der Waals surface area contributed by atoms with E-state index in [2.05, 4.69) is 15.6 Å². The Balaban J connectivity index is 1.95. The van der Waals surface area contributed by atoms with Gasteiger partial charge >= 0.3 is 0 Å². The number of nitrogens with zero attached hydrogens (tertiary/aromatic N) is 1. The second kappa shape index (κ2) is 8.61. The van der Waals surface area contributed by atoms with Crippen LogP contribution >= 0.6 is 0 Å². The average molecular weight is 403 g/mol. The monoisotopic (exact) mass is 402 g/mol. The molecule has 7 heteroatoms. The largest absolute Gasteiger partial charge is 0.358 e. The van der Waals surface area contributed by atoms with Gasteiger partial charge < -0.3 is 20.5 Å². The Morgan fingerprint density at radius 1 is 1.31 bits per heavy atom. The van der Waals surface area contributed by atoms with Crippen molar-refractivity contribution in [1.82, 2.24) is 15.2 Å². The fourth-order valence-electron chi connectivity index (χ4n) is 3.32. The molecule has 0 fully saturated rings. The first-order chi connectivity index (χ1) is 15.3. The van der Waals surface area contributed by atoms with Crippen LogP contribution in [0.2, 0.25) is 0 Å². The lowest BCUT2D eigenvalue weighted by Crippen LogP contribution is -2.35. The lowest BCUT2D eigenvalue weighted by atomic mass is 10.0. The molecule has 154 valence electrons. The SMILES string of the molecule is [2H]C([2H])(NC(=O)c1c(C)[nH]c(C=C2C(=O)Nc3ccc(F)cc32)c1C)C([2H])([2H])N(CC)CC. The third-order valence-electron chi connectivity index (χ3n) is 4.91. The number of likely N-dealkylation sites (N-methyl/N-ethyl adjacent to an activating group) is 1. The highest BCUT2D eigenvalue weighted by Gasteiger charge is 2.26. The van der Waals surface area contributed by atoms with E-state index in [0.29, 0.717) is 28.2 Å². The van der Waals surface area contributed by atoms with Gasteiger partial charge in [-0.2, -0.15) is 0 Å². The van der Waals surface area contributed by atoms with Crippen molar-refractivity contribution in [2.24, 2.45) is 0 Å². The summed E-state index contributed by atoms with van der Waals surface area (Å²) in [6.45, 7) is 2.11. The van der Waals surface area contributed by atoms with Gasteiger partial charge in [0.05, 0.1) is 13.9 Å². The zero-order valence-electron chi connectivity index (χ0n) is 20.9. The van der Waals surface area contributed by atoms with Crippen LogP contribution in [0.4, 0.5) is 10.1 Å². The second-order valence-electron chi connectivity index (χ2n) is 6.73. The number of benzene rings is 1. The van der Waals surface area contributed by atoms with Crippen molar-refractivity contribution < 1.29 is 19.5 Å². The van der Waals surface area contributed by atoms with Gasteiger partial charge in [-0.05, 0) is 56.8 Å². The number of anilines is 1. The van der Waals surface area contributed by atoms with Crippen LogP contribution < -0.4 is 10.6 Å². The minimum Gasteiger partial charge on any atom is -0.358 e. The smallest absolute Gasteiger partial charge is 0.256 e. The highest BCUT2D eigenvalue weighted by atomic mass is 19.1. The molecule has 0 saturated heterocycles. The van der Waals surface area contributed by atoms with Crippen LogP contribution in [0.15, 0.2) is 18.2 Å². The molecular formula is C22H27FN4O2. The predicted molar refractivity (Wildman–Crippen MR) is 113 cm³/mol. The van der Waals surface area contributed by atoms with Crippen molar-refractivity contribution in [3.05, 3.63) is 52.1 Å². The highest BCUT2D eigenvalue weighted by molar-refractivity contribution is 6.34. The Morgan fingerprint density at radius 3 is 2.72 bits per heavy atom. The molecule has 2 heterocycles. The standard InChI is InChI=1S/C22H27FN4O2/c1-5-27(6-2)10-9-24-22(29)20-13(3)19(25-14(20)4)12-17-16-11-15(23)7-8-18(16)26-21(17)28/h7-8,11-12,25H,5-6,9-10H2,1-4H3,(H,24,29)(H,26,28)/i9D2,10D2. The lowest BCUT2D eigenvalue weighted by Gasteiger charge is -2.18. The number of amides is 2. The lowest BCUT2D eigenvalue weighted by molar-refractivity contribution is -0.110. The Bertz CT molecular complexity index is 1140. The van der Waals surface area contributed by atoms with Crippen LogP contribution in [0, 0.1) is 19.7 Å². The van der Waals surface area contributed by atoms with Crippen molar-refractivity contribution in [2.45, 2.75) is 27.7 Å². The van der Waals surface area contributed by atoms with Crippen LogP contribution in [0.3, 0.4) is 0 Å². The van der Waals surface area contributed by atoms with Gasteiger partial charge in [-0.3, -0.25) is 9.59 Å². The molecule has 2 amide bonds. The van der Waals surface area contributed by atoms with Gasteiger partial charge in [0.15, 0.2) is 0 Å². The quantitative estimate of drug-likeness (QED) is 0.622. The minimum atomic E-state index is -2.67. The van der Waals surface area contributed by atoms with Crippen molar-refractivity contribution in [2.75, 3.05) is 31.4 Å². The van der Waals surface area contributed by atoms with Crippen molar-refractivity contribution in [3.63, 3.8) is 0 Å². The Morgan fingerprint density at radius 2 is 2.03 bits per heavy atom. The number of H-pyrrole nitrogens is 1. The summed E-state index contributed by atoms with van der Waals surface area (Å²) in [7, 11) is 0. The maximum atomic E-state index is 13.7. The molecule has 1 aliphatic heterocycles. The van der Waals surface area contributed by atoms with E-state index in [4.69, 9.17) is 5.48 Å². The molecule has 2 aromatic rings. The molecule has 29 heavy (non-hydrogen) atoms. The number of halogens is 1. The number of rotatable bonds is 7. The number of aromatic nitrogens is 1. The molecule has 0 spiro atoms. The normalized spacial score (nSPS) is 17.4. The molecule has 0 radical (unpaired) electrons. The first-order valence-electron chi connectivity index (χ1n) is 11.4. The molecule has 0 aliphatic carbocycles. The number of nitrogens with one attached hydrogen (secondary N) is 3. The van der Waals surface area contributed by atoms with Gasteiger partial charge in [0.1, 0.15) is 5.82 Å². The number of aromatic amines is 1. The van der Waals surface area contributed by atoms with Crippen LogP contribution in [0.25, 0.3) is 11.6 Å². The Labute approximate surface area is 175 Å². The van der Waals surface area contributed by atoms with Crippen molar-refractivity contribution in [3.8, 4) is 0 Å². The number of hydrogen-bond acceptors (Lipinski definition) is 3. The highest BCUT2D eigenvalue weighted by Crippen LogP contribution is 2.34. The van der Waals surface area contributed by atoms with E-state index in [0.717, 1.165) is 0 Å². The van der Waals surface area contributed by atoms with Gasteiger partial charge in [-0.1, -0.05) is 13.8 Å². The average Bonchev–Trinajstić information content (AvgIpc) is 3.17. The summed E-state index contributed by atoms with van der Waals surface area (Å²) in [5.41, 5.74) is 2.59. The van der Waals surface area contributed by atoms with E-state index in [1.165, 1.54) is 29.2 Å². The topological polar surface area (TPSA) is 77.2 Å². The summed E-state index contributed by atoms with van der Waals surface area (Å²) >= 11 is 0. The maximum Gasteiger partial charge on any atom is 0.256 e. The minimum absolute atomic E-state index is 0.152. The number of carbonyl (C=O) groups is 2. The van der Waals surface area contributed by atoms with Gasteiger partial charge in [0.25, 0.3) is 11.8 Å². The molecule has 3 N–H and O–H groups in total. The van der Waals surface area contributed by atoms with Gasteiger partial charge in [0, 0.05) is 38.4 Å². The van der Waals surface area contributed by atoms with Crippen molar-refractivity contribution in [1.29, 1.82) is 0 Å². The Hall–Kier alpha value is -2.93. The van der Waals surface area contributed by atoms with Crippen LogP contribution in [0.5, 0.6) is 0 Å². The van der Waals surface area contributed by atoms with Gasteiger partial charge in [-0.15, -0.1) is 0 Å². The number of hydrogen-bond donors (Lipinski definition) is 3. The molecular weight excluding hydrogens is 371 g/mol. The summed E-state index contributed by atoms with van der Waals surface area (Å²) in [6, 6.07) is 3.97. The van der Waals surface area contributed by atoms with Crippen LogP contribution in [0.1, 0.15) is 52.2 Å². The van der Waals surface area contributed by atoms with Gasteiger partial charge in [0.2, 0.25) is 0 Å². The second-order valence-corrected chi connectivity index (χ2v) is 6.73. The number of carbonyl (C=O) groups excluding carboxylic acids is 2. The third-order valence-corrected chi connectivity index (χ3v) is 4.91. The predicted octanol–water partition coefficient (Wildman–Crippen LogP) is 3.33. The van der Waals surface area contributed by atoms with E-state index >= 15 is 0 Å². The van der Waals surface area contributed by atoms with E-state index in [-0.39, 0.29) is 24.2 Å². The molecule has 1 aliphatic rings. The number of aryl methyl sites for hydroxylation is 1. The molecule has 0 saturated carbocycles. The molecule has 3 rings (SSSR count). The zero-order chi connectivity index (χ0) is 24.7. The van der Waals surface area contributed by atoms with E-state index < -0.39 is 30.6 Å². The fourth-order valence-corrected chi connectivity index (χ4v) is 3.32. The molecule has 1 aromatic carbocycles. The van der Waals surface area contributed by atoms with E-state index in [1.54, 1.807) is 27.7 Å². The molecule has 0 bridgehead atoms. The summed E-state index contributed by atoms with van der Waals surface area (Å²) < 4.78 is 46.6. The Kier molecular flexibility index (Phi) is 4.73. The summed E-state index contributed by atoms with van der Waals surface area (Å²) in [6.07, 6.45) is 1.52. The van der Waals surface area contributed by atoms with Crippen LogP contribution in [-0.4, -0.2) is 47.8 Å². The first kappa shape index (κ1) is 15.9. The molecule has 0 unspecified atom stereocenters. The van der Waals surface area contributed by atoms with E-state index in [1.807, 2.05) is 0 Å². The third kappa shape index (κ3) is 4.24. The van der Waals surface area contributed by atoms with Crippen LogP contribution in [-0.2, 0) is 4.79 Å².